The molecule has 140 valence electrons. The Morgan fingerprint density at radius 1 is 1.04 bits per heavy atom. The van der Waals surface area contributed by atoms with E-state index in [1.54, 1.807) is 6.92 Å². The number of fused-ring (bicyclic) bond motifs is 1. The Hall–Kier alpha value is -3.25. The molecular formula is C22H19N3O2S. The Morgan fingerprint density at radius 3 is 2.36 bits per heavy atom. The third kappa shape index (κ3) is 3.34. The molecule has 6 heteroatoms. The summed E-state index contributed by atoms with van der Waals surface area (Å²) in [5, 5.41) is 2.56. The van der Waals surface area contributed by atoms with E-state index in [9.17, 15) is 9.59 Å². The number of thiophene rings is 1. The third-order valence-electron chi connectivity index (χ3n) is 4.77. The topological polar surface area (TPSA) is 78.0 Å². The molecule has 5 nitrogen and oxygen atoms in total. The van der Waals surface area contributed by atoms with Crippen LogP contribution in [-0.2, 0) is 11.3 Å². The molecule has 1 amide bonds. The minimum atomic E-state index is -0.437. The smallest absolute Gasteiger partial charge is 0.262 e. The van der Waals surface area contributed by atoms with Crippen LogP contribution in [0.4, 0.5) is 0 Å². The molecule has 4 rings (SSSR count). The number of hydrogen-bond acceptors (Lipinski definition) is 4. The summed E-state index contributed by atoms with van der Waals surface area (Å²) in [6.07, 6.45) is 0.110. The number of rotatable bonds is 5. The maximum Gasteiger partial charge on any atom is 0.262 e. The summed E-state index contributed by atoms with van der Waals surface area (Å²) in [6.45, 7) is 2.01. The van der Waals surface area contributed by atoms with Crippen LogP contribution < -0.4 is 11.3 Å². The molecule has 0 saturated carbocycles. The molecule has 0 atom stereocenters. The zero-order valence-corrected chi connectivity index (χ0v) is 16.2. The maximum atomic E-state index is 13.1. The van der Waals surface area contributed by atoms with Crippen molar-refractivity contribution in [3.8, 4) is 22.3 Å². The van der Waals surface area contributed by atoms with Crippen LogP contribution in [-0.4, -0.2) is 15.5 Å². The molecule has 0 fully saturated rings. The lowest BCUT2D eigenvalue weighted by molar-refractivity contribution is -0.118. The maximum absolute atomic E-state index is 13.1. The van der Waals surface area contributed by atoms with Crippen molar-refractivity contribution in [1.29, 1.82) is 0 Å². The van der Waals surface area contributed by atoms with E-state index in [4.69, 9.17) is 5.73 Å². The van der Waals surface area contributed by atoms with Gasteiger partial charge in [-0.05, 0) is 23.6 Å². The highest BCUT2D eigenvalue weighted by Gasteiger charge is 2.16. The summed E-state index contributed by atoms with van der Waals surface area (Å²) in [6, 6.07) is 18.3. The van der Waals surface area contributed by atoms with Crippen LogP contribution in [0, 0.1) is 6.92 Å². The third-order valence-corrected chi connectivity index (χ3v) is 5.64. The van der Waals surface area contributed by atoms with Crippen LogP contribution in [0.3, 0.4) is 0 Å². The Labute approximate surface area is 166 Å². The monoisotopic (exact) mass is 389 g/mol. The zero-order chi connectivity index (χ0) is 19.7. The molecule has 0 aliphatic rings. The summed E-state index contributed by atoms with van der Waals surface area (Å²) in [4.78, 5) is 29.5. The van der Waals surface area contributed by atoms with E-state index >= 15 is 0 Å². The average Bonchev–Trinajstić information content (AvgIpc) is 3.12. The Morgan fingerprint density at radius 2 is 1.68 bits per heavy atom. The fraction of sp³-hybridized carbons (Fsp3) is 0.136. The number of benzene rings is 2. The number of carbonyl (C=O) groups excluding carboxylic acids is 1. The van der Waals surface area contributed by atoms with E-state index in [-0.39, 0.29) is 18.5 Å². The van der Waals surface area contributed by atoms with Gasteiger partial charge in [-0.15, -0.1) is 11.3 Å². The van der Waals surface area contributed by atoms with Crippen molar-refractivity contribution < 1.29 is 4.79 Å². The van der Waals surface area contributed by atoms with E-state index in [0.717, 1.165) is 22.3 Å². The molecule has 4 aromatic rings. The first kappa shape index (κ1) is 18.1. The van der Waals surface area contributed by atoms with Crippen LogP contribution in [0.2, 0.25) is 0 Å². The van der Waals surface area contributed by atoms with Crippen LogP contribution >= 0.6 is 11.3 Å². The van der Waals surface area contributed by atoms with Gasteiger partial charge in [0.25, 0.3) is 5.56 Å². The standard InChI is InChI=1S/C22H19N3O2S/c1-14-24-21-20(22(27)25(14)12-11-19(23)26)18(13-28-21)17-9-7-16(8-10-17)15-5-3-2-4-6-15/h2-10,13H,11-12H2,1H3,(H2,23,26). The average molecular weight is 389 g/mol. The van der Waals surface area contributed by atoms with Crippen LogP contribution in [0.1, 0.15) is 12.2 Å². The van der Waals surface area contributed by atoms with Gasteiger partial charge in [0.15, 0.2) is 0 Å². The first-order valence-corrected chi connectivity index (χ1v) is 9.85. The largest absolute Gasteiger partial charge is 0.370 e. The van der Waals surface area contributed by atoms with Gasteiger partial charge in [0.05, 0.1) is 5.39 Å². The van der Waals surface area contributed by atoms with Crippen molar-refractivity contribution >= 4 is 27.5 Å². The minimum absolute atomic E-state index is 0.110. The van der Waals surface area contributed by atoms with Gasteiger partial charge in [0.1, 0.15) is 10.7 Å². The molecule has 28 heavy (non-hydrogen) atoms. The van der Waals surface area contributed by atoms with Gasteiger partial charge in [-0.3, -0.25) is 14.2 Å². The molecule has 0 aliphatic heterocycles. The predicted octanol–water partition coefficient (Wildman–Crippen LogP) is 3.98. The van der Waals surface area contributed by atoms with Gasteiger partial charge in [-0.2, -0.15) is 0 Å². The molecule has 2 heterocycles. The van der Waals surface area contributed by atoms with E-state index < -0.39 is 5.91 Å². The van der Waals surface area contributed by atoms with Gasteiger partial charge in [0.2, 0.25) is 5.91 Å². The fourth-order valence-corrected chi connectivity index (χ4v) is 4.28. The summed E-state index contributed by atoms with van der Waals surface area (Å²) >= 11 is 1.45. The highest BCUT2D eigenvalue weighted by molar-refractivity contribution is 7.17. The first-order valence-electron chi connectivity index (χ1n) is 8.97. The van der Waals surface area contributed by atoms with E-state index in [1.165, 1.54) is 15.9 Å². The van der Waals surface area contributed by atoms with E-state index in [2.05, 4.69) is 29.2 Å². The van der Waals surface area contributed by atoms with E-state index in [0.29, 0.717) is 16.0 Å². The van der Waals surface area contributed by atoms with Crippen molar-refractivity contribution in [2.45, 2.75) is 19.9 Å². The normalized spacial score (nSPS) is 11.0. The Kier molecular flexibility index (Phi) is 4.79. The molecule has 0 radical (unpaired) electrons. The van der Waals surface area contributed by atoms with E-state index in [1.807, 2.05) is 35.7 Å². The van der Waals surface area contributed by atoms with Crippen molar-refractivity contribution in [3.05, 3.63) is 76.2 Å². The minimum Gasteiger partial charge on any atom is -0.370 e. The molecule has 2 aromatic carbocycles. The summed E-state index contributed by atoms with van der Waals surface area (Å²) in [5.74, 6) is 0.153. The molecule has 0 spiro atoms. The molecular weight excluding hydrogens is 370 g/mol. The van der Waals surface area contributed by atoms with Crippen molar-refractivity contribution in [2.75, 3.05) is 0 Å². The first-order chi connectivity index (χ1) is 13.5. The number of primary amides is 1. The zero-order valence-electron chi connectivity index (χ0n) is 15.4. The number of carbonyl (C=O) groups is 1. The molecule has 0 bridgehead atoms. The summed E-state index contributed by atoms with van der Waals surface area (Å²) in [7, 11) is 0. The molecule has 2 aromatic heterocycles. The van der Waals surface area contributed by atoms with Gasteiger partial charge in [-0.25, -0.2) is 4.98 Å². The van der Waals surface area contributed by atoms with Crippen LogP contribution in [0.25, 0.3) is 32.5 Å². The number of nitrogens with two attached hydrogens (primary N) is 1. The number of aromatic nitrogens is 2. The SMILES string of the molecule is Cc1nc2scc(-c3ccc(-c4ccccc4)cc3)c2c(=O)n1CCC(N)=O. The molecule has 0 saturated heterocycles. The van der Waals surface area contributed by atoms with Crippen molar-refractivity contribution in [3.63, 3.8) is 0 Å². The second-order valence-corrected chi connectivity index (χ2v) is 7.46. The second kappa shape index (κ2) is 7.40. The Balaban J connectivity index is 1.78. The van der Waals surface area contributed by atoms with Crippen LogP contribution in [0.5, 0.6) is 0 Å². The lowest BCUT2D eigenvalue weighted by atomic mass is 10.0. The van der Waals surface area contributed by atoms with Gasteiger partial charge in [-0.1, -0.05) is 54.6 Å². The lowest BCUT2D eigenvalue weighted by Gasteiger charge is -2.09. The second-order valence-electron chi connectivity index (χ2n) is 6.61. The van der Waals surface area contributed by atoms with Gasteiger partial charge in [0, 0.05) is 23.9 Å². The number of amides is 1. The summed E-state index contributed by atoms with van der Waals surface area (Å²) < 4.78 is 1.53. The van der Waals surface area contributed by atoms with Crippen LogP contribution in [0.15, 0.2) is 64.8 Å². The molecule has 2 N–H and O–H groups in total. The van der Waals surface area contributed by atoms with Gasteiger partial charge >= 0.3 is 0 Å². The number of hydrogen-bond donors (Lipinski definition) is 1. The highest BCUT2D eigenvalue weighted by atomic mass is 32.1. The number of nitrogens with zero attached hydrogens (tertiary/aromatic N) is 2. The quantitative estimate of drug-likeness (QED) is 0.561. The van der Waals surface area contributed by atoms with Crippen molar-refractivity contribution in [2.24, 2.45) is 5.73 Å². The highest BCUT2D eigenvalue weighted by Crippen LogP contribution is 2.32. The number of aryl methyl sites for hydroxylation is 1. The Bertz CT molecular complexity index is 1210. The predicted molar refractivity (Wildman–Crippen MR) is 113 cm³/mol. The lowest BCUT2D eigenvalue weighted by Crippen LogP contribution is -2.26. The fourth-order valence-electron chi connectivity index (χ4n) is 3.30. The van der Waals surface area contributed by atoms with Gasteiger partial charge < -0.3 is 5.73 Å². The molecule has 0 unspecified atom stereocenters. The summed E-state index contributed by atoms with van der Waals surface area (Å²) in [5.41, 5.74) is 9.22. The van der Waals surface area contributed by atoms with Crippen molar-refractivity contribution in [1.82, 2.24) is 9.55 Å². The molecule has 0 aliphatic carbocycles.